The SMILES string of the molecule is CC(C)(C)OC(=O)[C@H](N)CCCn1ccnc1N. The maximum Gasteiger partial charge on any atom is 0.323 e. The molecular weight excluding hydrogens is 232 g/mol. The minimum atomic E-state index is -0.589. The van der Waals surface area contributed by atoms with E-state index in [9.17, 15) is 4.79 Å². The fourth-order valence-corrected chi connectivity index (χ4v) is 1.51. The predicted octanol–water partition coefficient (Wildman–Crippen LogP) is 0.914. The van der Waals surface area contributed by atoms with Crippen LogP contribution in [0.5, 0.6) is 0 Å². The number of esters is 1. The summed E-state index contributed by atoms with van der Waals surface area (Å²) in [5, 5.41) is 0. The first-order chi connectivity index (χ1) is 8.29. The van der Waals surface area contributed by atoms with Gasteiger partial charge in [0.2, 0.25) is 0 Å². The van der Waals surface area contributed by atoms with Crippen LogP contribution < -0.4 is 11.5 Å². The van der Waals surface area contributed by atoms with Gasteiger partial charge in [-0.2, -0.15) is 0 Å². The Labute approximate surface area is 107 Å². The summed E-state index contributed by atoms with van der Waals surface area (Å²) >= 11 is 0. The number of ether oxygens (including phenoxy) is 1. The van der Waals surface area contributed by atoms with Gasteiger partial charge in [0.25, 0.3) is 0 Å². The van der Waals surface area contributed by atoms with Crippen LogP contribution in [0.1, 0.15) is 33.6 Å². The molecule has 0 aliphatic carbocycles. The molecule has 6 nitrogen and oxygen atoms in total. The van der Waals surface area contributed by atoms with Crippen molar-refractivity contribution in [2.24, 2.45) is 5.73 Å². The number of anilines is 1. The third-order valence-electron chi connectivity index (χ3n) is 2.37. The minimum Gasteiger partial charge on any atom is -0.459 e. The molecule has 0 bridgehead atoms. The van der Waals surface area contributed by atoms with Crippen LogP contribution in [0.25, 0.3) is 0 Å². The van der Waals surface area contributed by atoms with Gasteiger partial charge < -0.3 is 20.8 Å². The zero-order valence-corrected chi connectivity index (χ0v) is 11.2. The molecule has 0 aliphatic heterocycles. The first kappa shape index (κ1) is 14.5. The van der Waals surface area contributed by atoms with Gasteiger partial charge >= 0.3 is 5.97 Å². The highest BCUT2D eigenvalue weighted by Gasteiger charge is 2.21. The van der Waals surface area contributed by atoms with E-state index in [1.54, 1.807) is 12.4 Å². The summed E-state index contributed by atoms with van der Waals surface area (Å²) in [6.45, 7) is 6.17. The molecule has 0 radical (unpaired) electrons. The molecule has 1 rings (SSSR count). The highest BCUT2D eigenvalue weighted by Crippen LogP contribution is 2.10. The lowest BCUT2D eigenvalue weighted by Gasteiger charge is -2.22. The topological polar surface area (TPSA) is 96.2 Å². The Kier molecular flexibility index (Phi) is 4.72. The number of aromatic nitrogens is 2. The van der Waals surface area contributed by atoms with Gasteiger partial charge in [-0.15, -0.1) is 0 Å². The molecule has 18 heavy (non-hydrogen) atoms. The molecule has 0 aromatic carbocycles. The van der Waals surface area contributed by atoms with Crippen molar-refractivity contribution in [1.29, 1.82) is 0 Å². The van der Waals surface area contributed by atoms with E-state index in [4.69, 9.17) is 16.2 Å². The monoisotopic (exact) mass is 254 g/mol. The summed E-state index contributed by atoms with van der Waals surface area (Å²) in [7, 11) is 0. The number of rotatable bonds is 5. The van der Waals surface area contributed by atoms with Gasteiger partial charge in [-0.1, -0.05) is 0 Å². The molecule has 0 spiro atoms. The van der Waals surface area contributed by atoms with Crippen LogP contribution in [-0.4, -0.2) is 27.2 Å². The van der Waals surface area contributed by atoms with Crippen LogP contribution in [0.2, 0.25) is 0 Å². The fourth-order valence-electron chi connectivity index (χ4n) is 1.51. The number of hydrogen-bond donors (Lipinski definition) is 2. The second kappa shape index (κ2) is 5.86. The Morgan fingerprint density at radius 3 is 2.72 bits per heavy atom. The zero-order valence-electron chi connectivity index (χ0n) is 11.2. The molecule has 4 N–H and O–H groups in total. The highest BCUT2D eigenvalue weighted by molar-refractivity contribution is 5.75. The van der Waals surface area contributed by atoms with Crippen molar-refractivity contribution in [1.82, 2.24) is 9.55 Å². The Hall–Kier alpha value is -1.56. The number of hydrogen-bond acceptors (Lipinski definition) is 5. The molecule has 0 fully saturated rings. The van der Waals surface area contributed by atoms with E-state index < -0.39 is 11.6 Å². The lowest BCUT2D eigenvalue weighted by Crippen LogP contribution is -2.37. The molecule has 0 saturated heterocycles. The van der Waals surface area contributed by atoms with Crippen molar-refractivity contribution in [3.05, 3.63) is 12.4 Å². The number of imidazole rings is 1. The van der Waals surface area contributed by atoms with E-state index in [1.165, 1.54) is 0 Å². The number of nitrogens with zero attached hydrogens (tertiary/aromatic N) is 2. The Bertz CT molecular complexity index is 395. The Morgan fingerprint density at radius 1 is 1.56 bits per heavy atom. The molecule has 0 unspecified atom stereocenters. The number of carbonyl (C=O) groups excluding carboxylic acids is 1. The zero-order chi connectivity index (χ0) is 13.8. The smallest absolute Gasteiger partial charge is 0.323 e. The van der Waals surface area contributed by atoms with Crippen LogP contribution in [-0.2, 0) is 16.1 Å². The average Bonchev–Trinajstić information content (AvgIpc) is 2.62. The van der Waals surface area contributed by atoms with Gasteiger partial charge in [-0.25, -0.2) is 4.98 Å². The molecule has 0 aliphatic rings. The fraction of sp³-hybridized carbons (Fsp3) is 0.667. The lowest BCUT2D eigenvalue weighted by molar-refractivity contribution is -0.156. The van der Waals surface area contributed by atoms with Crippen LogP contribution >= 0.6 is 0 Å². The Morgan fingerprint density at radius 2 is 2.22 bits per heavy atom. The number of nitrogens with two attached hydrogens (primary N) is 2. The minimum absolute atomic E-state index is 0.360. The van der Waals surface area contributed by atoms with E-state index in [1.807, 2.05) is 25.3 Å². The van der Waals surface area contributed by atoms with Crippen molar-refractivity contribution in [2.75, 3.05) is 5.73 Å². The van der Waals surface area contributed by atoms with Crippen LogP contribution in [0.4, 0.5) is 5.95 Å². The van der Waals surface area contributed by atoms with Gasteiger partial charge in [0.05, 0.1) is 0 Å². The van der Waals surface area contributed by atoms with E-state index in [-0.39, 0.29) is 5.97 Å². The van der Waals surface area contributed by atoms with Crippen molar-refractivity contribution in [2.45, 2.75) is 51.8 Å². The first-order valence-electron chi connectivity index (χ1n) is 6.04. The molecule has 0 amide bonds. The molecule has 0 saturated carbocycles. The first-order valence-corrected chi connectivity index (χ1v) is 6.04. The van der Waals surface area contributed by atoms with E-state index in [2.05, 4.69) is 4.98 Å². The molecular formula is C12H22N4O2. The van der Waals surface area contributed by atoms with E-state index >= 15 is 0 Å². The van der Waals surface area contributed by atoms with Crippen molar-refractivity contribution >= 4 is 11.9 Å². The summed E-state index contributed by atoms with van der Waals surface area (Å²) in [4.78, 5) is 15.5. The van der Waals surface area contributed by atoms with Gasteiger partial charge in [0, 0.05) is 18.9 Å². The van der Waals surface area contributed by atoms with Crippen LogP contribution in [0, 0.1) is 0 Å². The maximum absolute atomic E-state index is 11.6. The standard InChI is InChI=1S/C12H22N4O2/c1-12(2,3)18-10(17)9(13)5-4-7-16-8-6-15-11(16)14/h6,8-9H,4-5,7,13H2,1-3H3,(H2,14,15)/t9-/m1/s1. The number of aryl methyl sites for hydroxylation is 1. The Balaban J connectivity index is 2.31. The third kappa shape index (κ3) is 4.75. The molecule has 1 atom stereocenters. The van der Waals surface area contributed by atoms with E-state index in [0.717, 1.165) is 6.42 Å². The lowest BCUT2D eigenvalue weighted by atomic mass is 10.1. The maximum atomic E-state index is 11.6. The molecule has 1 aromatic rings. The third-order valence-corrected chi connectivity index (χ3v) is 2.37. The average molecular weight is 254 g/mol. The van der Waals surface area contributed by atoms with Crippen molar-refractivity contribution < 1.29 is 9.53 Å². The second-order valence-corrected chi connectivity index (χ2v) is 5.26. The van der Waals surface area contributed by atoms with Crippen molar-refractivity contribution in [3.63, 3.8) is 0 Å². The molecule has 1 aromatic heterocycles. The molecule has 6 heteroatoms. The summed E-state index contributed by atoms with van der Waals surface area (Å²) in [5.74, 6) is 0.113. The highest BCUT2D eigenvalue weighted by atomic mass is 16.6. The van der Waals surface area contributed by atoms with Gasteiger partial charge in [-0.05, 0) is 33.6 Å². The van der Waals surface area contributed by atoms with Crippen molar-refractivity contribution in [3.8, 4) is 0 Å². The quantitative estimate of drug-likeness (QED) is 0.761. The van der Waals surface area contributed by atoms with E-state index in [0.29, 0.717) is 18.9 Å². The largest absolute Gasteiger partial charge is 0.459 e. The van der Waals surface area contributed by atoms with Gasteiger partial charge in [0.1, 0.15) is 11.6 Å². The summed E-state index contributed by atoms with van der Waals surface area (Å²) in [6.07, 6.45) is 4.75. The summed E-state index contributed by atoms with van der Waals surface area (Å²) in [5.41, 5.74) is 10.9. The number of nitrogen functional groups attached to an aromatic ring is 1. The van der Waals surface area contributed by atoms with Gasteiger partial charge in [0.15, 0.2) is 5.95 Å². The predicted molar refractivity (Wildman–Crippen MR) is 69.7 cm³/mol. The number of carbonyl (C=O) groups is 1. The normalized spacial score (nSPS) is 13.3. The molecule has 102 valence electrons. The van der Waals surface area contributed by atoms with Gasteiger partial charge in [-0.3, -0.25) is 4.79 Å². The second-order valence-electron chi connectivity index (χ2n) is 5.26. The molecule has 1 heterocycles. The van der Waals surface area contributed by atoms with Crippen LogP contribution in [0.3, 0.4) is 0 Å². The van der Waals surface area contributed by atoms with Crippen LogP contribution in [0.15, 0.2) is 12.4 Å². The summed E-state index contributed by atoms with van der Waals surface area (Å²) in [6, 6.07) is -0.589. The summed E-state index contributed by atoms with van der Waals surface area (Å²) < 4.78 is 7.02.